The normalized spacial score (nSPS) is 32.8. The number of aliphatic hydroxyl groups is 1. The molecule has 0 radical (unpaired) electrons. The molecular formula is C13H23NO2. The number of hydrogen-bond donors (Lipinski definition) is 1. The number of nitrogens with zero attached hydrogens (tertiary/aromatic N) is 1. The van der Waals surface area contributed by atoms with E-state index in [0.29, 0.717) is 5.91 Å². The van der Waals surface area contributed by atoms with Crippen molar-refractivity contribution in [2.45, 2.75) is 51.6 Å². The fraction of sp³-hybridized carbons (Fsp3) is 0.923. The second kappa shape index (κ2) is 5.17. The number of amides is 1. The van der Waals surface area contributed by atoms with Crippen LogP contribution in [0.25, 0.3) is 0 Å². The number of carbonyl (C=O) groups is 1. The molecule has 0 spiro atoms. The summed E-state index contributed by atoms with van der Waals surface area (Å²) < 4.78 is 0. The van der Waals surface area contributed by atoms with Crippen LogP contribution in [-0.2, 0) is 4.79 Å². The van der Waals surface area contributed by atoms with Crippen LogP contribution in [0.3, 0.4) is 0 Å². The van der Waals surface area contributed by atoms with Gasteiger partial charge < -0.3 is 10.0 Å². The van der Waals surface area contributed by atoms with Crippen LogP contribution in [0.2, 0.25) is 0 Å². The van der Waals surface area contributed by atoms with E-state index in [1.165, 1.54) is 12.8 Å². The van der Waals surface area contributed by atoms with Gasteiger partial charge in [0.05, 0.1) is 6.10 Å². The van der Waals surface area contributed by atoms with E-state index >= 15 is 0 Å². The highest BCUT2D eigenvalue weighted by molar-refractivity contribution is 5.79. The summed E-state index contributed by atoms with van der Waals surface area (Å²) in [6.45, 7) is 3.79. The van der Waals surface area contributed by atoms with Gasteiger partial charge in [0.2, 0.25) is 5.91 Å². The Hall–Kier alpha value is -0.570. The van der Waals surface area contributed by atoms with Gasteiger partial charge in [-0.25, -0.2) is 0 Å². The molecule has 0 unspecified atom stereocenters. The number of likely N-dealkylation sites (tertiary alicyclic amines) is 1. The number of carbonyl (C=O) groups excluding carboxylic acids is 1. The van der Waals surface area contributed by atoms with Crippen molar-refractivity contribution in [1.82, 2.24) is 4.90 Å². The van der Waals surface area contributed by atoms with Crippen molar-refractivity contribution in [3.05, 3.63) is 0 Å². The minimum absolute atomic E-state index is 0.185. The molecule has 16 heavy (non-hydrogen) atoms. The second-order valence-corrected chi connectivity index (χ2v) is 5.51. The molecule has 92 valence electrons. The van der Waals surface area contributed by atoms with Crippen molar-refractivity contribution in [3.63, 3.8) is 0 Å². The van der Waals surface area contributed by atoms with Crippen LogP contribution in [0.1, 0.15) is 45.4 Å². The Morgan fingerprint density at radius 2 is 1.62 bits per heavy atom. The summed E-state index contributed by atoms with van der Waals surface area (Å²) >= 11 is 0. The predicted octanol–water partition coefficient (Wildman–Crippen LogP) is 1.80. The first kappa shape index (κ1) is 11.9. The second-order valence-electron chi connectivity index (χ2n) is 5.51. The topological polar surface area (TPSA) is 40.5 Å². The fourth-order valence-electron chi connectivity index (χ4n) is 2.85. The van der Waals surface area contributed by atoms with E-state index in [4.69, 9.17) is 0 Å². The standard InChI is InChI=1S/C13H23NO2/c1-10-2-4-11(5-3-10)13(16)14-8-6-12(15)7-9-14/h10-12,15H,2-9H2,1H3. The van der Waals surface area contributed by atoms with Gasteiger partial charge in [0.15, 0.2) is 0 Å². The van der Waals surface area contributed by atoms with E-state index in [-0.39, 0.29) is 12.0 Å². The van der Waals surface area contributed by atoms with Crippen molar-refractivity contribution in [3.8, 4) is 0 Å². The maximum atomic E-state index is 12.2. The monoisotopic (exact) mass is 225 g/mol. The van der Waals surface area contributed by atoms with E-state index in [1.807, 2.05) is 4.90 Å². The van der Waals surface area contributed by atoms with Crippen molar-refractivity contribution in [2.75, 3.05) is 13.1 Å². The third kappa shape index (κ3) is 2.76. The van der Waals surface area contributed by atoms with Gasteiger partial charge >= 0.3 is 0 Å². The van der Waals surface area contributed by atoms with Crippen LogP contribution in [-0.4, -0.2) is 35.1 Å². The molecule has 2 aliphatic rings. The lowest BCUT2D eigenvalue weighted by Gasteiger charge is -2.34. The van der Waals surface area contributed by atoms with Crippen LogP contribution in [0.5, 0.6) is 0 Å². The number of aliphatic hydroxyl groups excluding tert-OH is 1. The Morgan fingerprint density at radius 1 is 1.06 bits per heavy atom. The van der Waals surface area contributed by atoms with Gasteiger partial charge in [-0.3, -0.25) is 4.79 Å². The average molecular weight is 225 g/mol. The first-order valence-corrected chi connectivity index (χ1v) is 6.63. The summed E-state index contributed by atoms with van der Waals surface area (Å²) in [7, 11) is 0. The molecule has 3 nitrogen and oxygen atoms in total. The van der Waals surface area contributed by atoms with Gasteiger partial charge in [0.25, 0.3) is 0 Å². The highest BCUT2D eigenvalue weighted by atomic mass is 16.3. The van der Waals surface area contributed by atoms with E-state index in [1.54, 1.807) is 0 Å². The maximum Gasteiger partial charge on any atom is 0.225 e. The van der Waals surface area contributed by atoms with Gasteiger partial charge in [-0.05, 0) is 44.4 Å². The van der Waals surface area contributed by atoms with Gasteiger partial charge in [-0.2, -0.15) is 0 Å². The summed E-state index contributed by atoms with van der Waals surface area (Å²) in [5.41, 5.74) is 0. The van der Waals surface area contributed by atoms with Gasteiger partial charge in [-0.15, -0.1) is 0 Å². The number of rotatable bonds is 1. The molecule has 0 aromatic rings. The van der Waals surface area contributed by atoms with Crippen LogP contribution < -0.4 is 0 Å². The zero-order chi connectivity index (χ0) is 11.5. The number of piperidine rings is 1. The zero-order valence-corrected chi connectivity index (χ0v) is 10.2. The largest absolute Gasteiger partial charge is 0.393 e. The Labute approximate surface area is 97.8 Å². The van der Waals surface area contributed by atoms with Crippen molar-refractivity contribution in [1.29, 1.82) is 0 Å². The quantitative estimate of drug-likeness (QED) is 0.739. The first-order chi connectivity index (χ1) is 7.66. The third-order valence-electron chi connectivity index (χ3n) is 4.14. The van der Waals surface area contributed by atoms with E-state index in [2.05, 4.69) is 6.92 Å². The third-order valence-corrected chi connectivity index (χ3v) is 4.14. The lowest BCUT2D eigenvalue weighted by molar-refractivity contribution is -0.138. The summed E-state index contributed by atoms with van der Waals surface area (Å²) in [5, 5.41) is 9.42. The minimum atomic E-state index is -0.185. The lowest BCUT2D eigenvalue weighted by Crippen LogP contribution is -2.43. The van der Waals surface area contributed by atoms with E-state index in [9.17, 15) is 9.90 Å². The summed E-state index contributed by atoms with van der Waals surface area (Å²) in [6.07, 6.45) is 5.87. The molecule has 1 saturated carbocycles. The van der Waals surface area contributed by atoms with Gasteiger partial charge in [0.1, 0.15) is 0 Å². The smallest absolute Gasteiger partial charge is 0.225 e. The van der Waals surface area contributed by atoms with Crippen LogP contribution in [0, 0.1) is 11.8 Å². The van der Waals surface area contributed by atoms with Crippen LogP contribution in [0.4, 0.5) is 0 Å². The van der Waals surface area contributed by atoms with Crippen molar-refractivity contribution >= 4 is 5.91 Å². The molecular weight excluding hydrogens is 202 g/mol. The number of hydrogen-bond acceptors (Lipinski definition) is 2. The Morgan fingerprint density at radius 3 is 2.19 bits per heavy atom. The van der Waals surface area contributed by atoms with Gasteiger partial charge in [0, 0.05) is 19.0 Å². The molecule has 2 rings (SSSR count). The molecule has 1 heterocycles. The highest BCUT2D eigenvalue weighted by Crippen LogP contribution is 2.30. The average Bonchev–Trinajstić information content (AvgIpc) is 2.30. The van der Waals surface area contributed by atoms with Crippen molar-refractivity contribution < 1.29 is 9.90 Å². The molecule has 1 aliphatic heterocycles. The summed E-state index contributed by atoms with van der Waals surface area (Å²) in [5.74, 6) is 1.41. The first-order valence-electron chi connectivity index (χ1n) is 6.63. The van der Waals surface area contributed by atoms with Crippen LogP contribution >= 0.6 is 0 Å². The minimum Gasteiger partial charge on any atom is -0.393 e. The molecule has 3 heteroatoms. The summed E-state index contributed by atoms with van der Waals surface area (Å²) in [6, 6.07) is 0. The van der Waals surface area contributed by atoms with E-state index in [0.717, 1.165) is 44.7 Å². The molecule has 1 aliphatic carbocycles. The van der Waals surface area contributed by atoms with Crippen LogP contribution in [0.15, 0.2) is 0 Å². The molecule has 2 fully saturated rings. The van der Waals surface area contributed by atoms with E-state index < -0.39 is 0 Å². The molecule has 0 bridgehead atoms. The zero-order valence-electron chi connectivity index (χ0n) is 10.2. The fourth-order valence-corrected chi connectivity index (χ4v) is 2.85. The van der Waals surface area contributed by atoms with Gasteiger partial charge in [-0.1, -0.05) is 6.92 Å². The van der Waals surface area contributed by atoms with Crippen molar-refractivity contribution in [2.24, 2.45) is 11.8 Å². The summed E-state index contributed by atoms with van der Waals surface area (Å²) in [4.78, 5) is 14.2. The SMILES string of the molecule is CC1CCC(C(=O)N2CCC(O)CC2)CC1. The molecule has 0 atom stereocenters. The molecule has 0 aromatic carbocycles. The molecule has 0 aromatic heterocycles. The Bertz CT molecular complexity index is 214. The lowest BCUT2D eigenvalue weighted by atomic mass is 9.82. The molecule has 1 saturated heterocycles. The molecule has 1 amide bonds. The Balaban J connectivity index is 1.83. The maximum absolute atomic E-state index is 12.2. The Kier molecular flexibility index (Phi) is 3.85. The highest BCUT2D eigenvalue weighted by Gasteiger charge is 2.29. The predicted molar refractivity (Wildman–Crippen MR) is 62.9 cm³/mol. The molecule has 1 N–H and O–H groups in total.